The van der Waals surface area contributed by atoms with E-state index < -0.39 is 0 Å². The molecule has 5 heteroatoms. The molecule has 1 N–H and O–H groups in total. The lowest BCUT2D eigenvalue weighted by molar-refractivity contribution is 0.304. The number of aliphatic hydroxyl groups is 1. The lowest BCUT2D eigenvalue weighted by Crippen LogP contribution is -2.22. The van der Waals surface area contributed by atoms with Crippen LogP contribution >= 0.6 is 0 Å². The van der Waals surface area contributed by atoms with E-state index in [2.05, 4.69) is 4.98 Å². The first kappa shape index (κ1) is 17.6. The molecular weight excluding hydrogens is 281 g/mol. The molecule has 0 aliphatic rings. The van der Waals surface area contributed by atoms with Gasteiger partial charge in [-0.05, 0) is 23.8 Å². The highest BCUT2D eigenvalue weighted by molar-refractivity contribution is 5.78. The number of aliphatic hydroxyl groups excluding tert-OH is 1. The van der Waals surface area contributed by atoms with Crippen molar-refractivity contribution in [2.75, 3.05) is 25.1 Å². The molecule has 0 saturated heterocycles. The molecule has 2 rings (SSSR count). The molecule has 0 spiro atoms. The minimum Gasteiger partial charge on any atom is -0.395 e. The highest BCUT2D eigenvalue weighted by Gasteiger charge is 2.11. The van der Waals surface area contributed by atoms with E-state index in [9.17, 15) is 4.39 Å². The maximum atomic E-state index is 13.0. The highest BCUT2D eigenvalue weighted by atomic mass is 19.1. The van der Waals surface area contributed by atoms with Crippen molar-refractivity contribution in [2.24, 2.45) is 0 Å². The average Bonchev–Trinajstić information content (AvgIpc) is 2.57. The number of nitrogens with zero attached hydrogens (tertiary/aromatic N) is 3. The summed E-state index contributed by atoms with van der Waals surface area (Å²) in [6.07, 6.45) is 1.59. The molecule has 4 nitrogen and oxygen atoms in total. The third-order valence-corrected chi connectivity index (χ3v) is 3.00. The zero-order chi connectivity index (χ0) is 16.5. The number of hydrogen-bond acceptors (Lipinski definition) is 4. The number of aromatic nitrogens is 1. The fourth-order valence-electron chi connectivity index (χ4n) is 1.94. The van der Waals surface area contributed by atoms with Gasteiger partial charge in [0.05, 0.1) is 18.5 Å². The van der Waals surface area contributed by atoms with Crippen molar-refractivity contribution in [1.82, 2.24) is 4.98 Å². The first-order valence-electron chi connectivity index (χ1n) is 7.14. The summed E-state index contributed by atoms with van der Waals surface area (Å²) < 4.78 is 13.0. The Kier molecular flexibility index (Phi) is 7.00. The van der Waals surface area contributed by atoms with E-state index in [0.29, 0.717) is 12.2 Å². The van der Waals surface area contributed by atoms with E-state index in [-0.39, 0.29) is 12.4 Å². The molecule has 0 fully saturated rings. The van der Waals surface area contributed by atoms with Gasteiger partial charge in [-0.25, -0.2) is 9.37 Å². The topological polar surface area (TPSA) is 60.1 Å². The molecule has 2 aromatic rings. The van der Waals surface area contributed by atoms with Crippen LogP contribution in [0.3, 0.4) is 0 Å². The third kappa shape index (κ3) is 4.27. The Bertz CT molecular complexity index is 635. The van der Waals surface area contributed by atoms with Gasteiger partial charge in [0, 0.05) is 19.2 Å². The van der Waals surface area contributed by atoms with Gasteiger partial charge in [0.15, 0.2) is 0 Å². The maximum Gasteiger partial charge on any atom is 0.141 e. The fourth-order valence-corrected chi connectivity index (χ4v) is 1.94. The summed E-state index contributed by atoms with van der Waals surface area (Å²) in [6, 6.07) is 9.71. The van der Waals surface area contributed by atoms with Crippen LogP contribution in [0.15, 0.2) is 36.5 Å². The second-order valence-corrected chi connectivity index (χ2v) is 4.35. The molecular formula is C17H20FN3O. The van der Waals surface area contributed by atoms with E-state index in [1.165, 1.54) is 12.1 Å². The zero-order valence-electron chi connectivity index (χ0n) is 13.0. The summed E-state index contributed by atoms with van der Waals surface area (Å²) in [5.41, 5.74) is 2.66. The molecule has 0 atom stereocenters. The van der Waals surface area contributed by atoms with Crippen LogP contribution in [0.1, 0.15) is 19.5 Å². The van der Waals surface area contributed by atoms with Gasteiger partial charge in [0.25, 0.3) is 0 Å². The van der Waals surface area contributed by atoms with E-state index in [1.807, 2.05) is 31.9 Å². The molecule has 0 aliphatic heterocycles. The number of anilines is 1. The first-order chi connectivity index (χ1) is 10.7. The van der Waals surface area contributed by atoms with Crippen LogP contribution in [-0.4, -0.2) is 30.3 Å². The number of hydrogen-bond donors (Lipinski definition) is 1. The van der Waals surface area contributed by atoms with Crippen molar-refractivity contribution in [3.8, 4) is 17.2 Å². The maximum absolute atomic E-state index is 13.0. The van der Waals surface area contributed by atoms with E-state index >= 15 is 0 Å². The van der Waals surface area contributed by atoms with Gasteiger partial charge in [-0.3, -0.25) is 0 Å². The molecule has 1 aromatic carbocycles. The minimum atomic E-state index is -0.312. The summed E-state index contributed by atoms with van der Waals surface area (Å²) >= 11 is 0. The van der Waals surface area contributed by atoms with E-state index in [1.54, 1.807) is 24.4 Å². The fraction of sp³-hybridized carbons (Fsp3) is 0.294. The van der Waals surface area contributed by atoms with Crippen LogP contribution in [0.4, 0.5) is 10.1 Å². The second kappa shape index (κ2) is 8.75. The number of pyridine rings is 1. The van der Waals surface area contributed by atoms with Crippen LogP contribution < -0.4 is 4.90 Å². The third-order valence-electron chi connectivity index (χ3n) is 3.00. The van der Waals surface area contributed by atoms with Gasteiger partial charge >= 0.3 is 0 Å². The normalized spacial score (nSPS) is 9.45. The molecule has 1 aromatic heterocycles. The SMILES string of the molecule is CC.CN(CCO)c1cnc(C#N)cc1-c1ccc(F)cc1. The van der Waals surface area contributed by atoms with Gasteiger partial charge in [-0.15, -0.1) is 0 Å². The summed E-state index contributed by atoms with van der Waals surface area (Å²) in [7, 11) is 1.83. The predicted molar refractivity (Wildman–Crippen MR) is 86.0 cm³/mol. The number of benzene rings is 1. The molecule has 0 amide bonds. The van der Waals surface area contributed by atoms with Crippen LogP contribution in [0.5, 0.6) is 0 Å². The molecule has 0 radical (unpaired) electrons. The molecule has 0 saturated carbocycles. The summed E-state index contributed by atoms with van der Waals surface area (Å²) in [6.45, 7) is 4.46. The lowest BCUT2D eigenvalue weighted by atomic mass is 10.0. The Labute approximate surface area is 130 Å². The van der Waals surface area contributed by atoms with Gasteiger partial charge in [-0.1, -0.05) is 26.0 Å². The van der Waals surface area contributed by atoms with Gasteiger partial charge < -0.3 is 10.0 Å². The number of halogens is 1. The molecule has 22 heavy (non-hydrogen) atoms. The number of likely N-dealkylation sites (N-methyl/N-ethyl adjacent to an activating group) is 1. The smallest absolute Gasteiger partial charge is 0.141 e. The van der Waals surface area contributed by atoms with Crippen LogP contribution in [-0.2, 0) is 0 Å². The van der Waals surface area contributed by atoms with Crippen LogP contribution in [0.25, 0.3) is 11.1 Å². The highest BCUT2D eigenvalue weighted by Crippen LogP contribution is 2.30. The zero-order valence-corrected chi connectivity index (χ0v) is 13.0. The molecule has 0 aliphatic carbocycles. The molecule has 1 heterocycles. The minimum absolute atomic E-state index is 0.0133. The monoisotopic (exact) mass is 301 g/mol. The summed E-state index contributed by atoms with van der Waals surface area (Å²) in [4.78, 5) is 5.89. The Hall–Kier alpha value is -2.45. The largest absolute Gasteiger partial charge is 0.395 e. The van der Waals surface area contributed by atoms with Gasteiger partial charge in [0.2, 0.25) is 0 Å². The van der Waals surface area contributed by atoms with Crippen molar-refractivity contribution in [3.63, 3.8) is 0 Å². The number of nitriles is 1. The van der Waals surface area contributed by atoms with Crippen molar-refractivity contribution in [3.05, 3.63) is 48.0 Å². The quantitative estimate of drug-likeness (QED) is 0.942. The average molecular weight is 301 g/mol. The Morgan fingerprint density at radius 1 is 1.27 bits per heavy atom. The number of rotatable bonds is 4. The predicted octanol–water partition coefficient (Wildman–Crippen LogP) is 3.21. The molecule has 0 unspecified atom stereocenters. The van der Waals surface area contributed by atoms with E-state index in [0.717, 1.165) is 16.8 Å². The van der Waals surface area contributed by atoms with Crippen molar-refractivity contribution in [1.29, 1.82) is 5.26 Å². The lowest BCUT2D eigenvalue weighted by Gasteiger charge is -2.21. The summed E-state index contributed by atoms with van der Waals surface area (Å²) in [5, 5.41) is 18.0. The molecule has 0 bridgehead atoms. The van der Waals surface area contributed by atoms with Crippen LogP contribution in [0, 0.1) is 17.1 Å². The molecule has 116 valence electrons. The Balaban J connectivity index is 0.00000116. The Morgan fingerprint density at radius 3 is 2.45 bits per heavy atom. The Morgan fingerprint density at radius 2 is 1.91 bits per heavy atom. The van der Waals surface area contributed by atoms with E-state index in [4.69, 9.17) is 10.4 Å². The van der Waals surface area contributed by atoms with Gasteiger partial charge in [-0.2, -0.15) is 5.26 Å². The second-order valence-electron chi connectivity index (χ2n) is 4.35. The van der Waals surface area contributed by atoms with Gasteiger partial charge in [0.1, 0.15) is 17.6 Å². The standard InChI is InChI=1S/C15H14FN3O.C2H6/c1-19(6-7-20)15-10-18-13(9-17)8-14(15)11-2-4-12(16)5-3-11;1-2/h2-5,8,10,20H,6-7H2,1H3;1-2H3. The van der Waals surface area contributed by atoms with Crippen LogP contribution in [0.2, 0.25) is 0 Å². The van der Waals surface area contributed by atoms with Crippen molar-refractivity contribution < 1.29 is 9.50 Å². The first-order valence-corrected chi connectivity index (χ1v) is 7.14. The van der Waals surface area contributed by atoms with Crippen molar-refractivity contribution >= 4 is 5.69 Å². The van der Waals surface area contributed by atoms with Crippen molar-refractivity contribution in [2.45, 2.75) is 13.8 Å². The summed E-state index contributed by atoms with van der Waals surface area (Å²) in [5.74, 6) is -0.312.